The van der Waals surface area contributed by atoms with Crippen LogP contribution < -0.4 is 4.74 Å². The molecule has 2 aromatic carbocycles. The minimum atomic E-state index is -0.168. The summed E-state index contributed by atoms with van der Waals surface area (Å²) in [5.41, 5.74) is 0. The third-order valence-corrected chi connectivity index (χ3v) is 4.96. The average Bonchev–Trinajstić information content (AvgIpc) is 3.37. The summed E-state index contributed by atoms with van der Waals surface area (Å²) in [7, 11) is 1.68. The van der Waals surface area contributed by atoms with Crippen molar-refractivity contribution >= 4 is 28.0 Å². The Balaban J connectivity index is 1.35. The highest BCUT2D eigenvalue weighted by Crippen LogP contribution is 2.22. The molecular formula is C20H17N3O3S. The van der Waals surface area contributed by atoms with Gasteiger partial charge in [-0.05, 0) is 34.4 Å². The molecule has 0 aliphatic heterocycles. The van der Waals surface area contributed by atoms with Gasteiger partial charge in [0.25, 0.3) is 5.91 Å². The molecule has 2 heterocycles. The normalized spacial score (nSPS) is 10.9. The van der Waals surface area contributed by atoms with Crippen molar-refractivity contribution in [1.29, 1.82) is 0 Å². The van der Waals surface area contributed by atoms with Crippen LogP contribution >= 0.6 is 11.3 Å². The SMILES string of the molecule is CN(Cc1nc(-c2cccs2)no1)C(=O)COc1ccc2ccccc2c1. The molecule has 0 fully saturated rings. The van der Waals surface area contributed by atoms with E-state index in [-0.39, 0.29) is 19.1 Å². The Morgan fingerprint density at radius 2 is 2.00 bits per heavy atom. The summed E-state index contributed by atoms with van der Waals surface area (Å²) in [5.74, 6) is 1.42. The topological polar surface area (TPSA) is 68.5 Å². The summed E-state index contributed by atoms with van der Waals surface area (Å²) in [4.78, 5) is 19.1. The van der Waals surface area contributed by atoms with Gasteiger partial charge in [-0.25, -0.2) is 0 Å². The van der Waals surface area contributed by atoms with Gasteiger partial charge in [0.15, 0.2) is 6.61 Å². The molecule has 0 atom stereocenters. The van der Waals surface area contributed by atoms with Gasteiger partial charge < -0.3 is 14.2 Å². The van der Waals surface area contributed by atoms with Crippen LogP contribution in [-0.2, 0) is 11.3 Å². The molecule has 1 amide bonds. The van der Waals surface area contributed by atoms with Crippen molar-refractivity contribution in [3.8, 4) is 16.5 Å². The van der Waals surface area contributed by atoms with Crippen LogP contribution in [-0.4, -0.2) is 34.6 Å². The standard InChI is InChI=1S/C20H17N3O3S/c1-23(12-18-21-20(22-26-18)17-7-4-10-27-17)19(24)13-25-16-9-8-14-5-2-3-6-15(14)11-16/h2-11H,12-13H2,1H3. The summed E-state index contributed by atoms with van der Waals surface area (Å²) in [6, 6.07) is 17.6. The van der Waals surface area contributed by atoms with Gasteiger partial charge in [0.05, 0.1) is 11.4 Å². The first-order valence-corrected chi connectivity index (χ1v) is 9.29. The van der Waals surface area contributed by atoms with E-state index in [0.717, 1.165) is 15.6 Å². The third kappa shape index (κ3) is 3.98. The van der Waals surface area contributed by atoms with Crippen molar-refractivity contribution in [2.75, 3.05) is 13.7 Å². The largest absolute Gasteiger partial charge is 0.484 e. The Kier molecular flexibility index (Phi) is 4.84. The number of hydrogen-bond donors (Lipinski definition) is 0. The van der Waals surface area contributed by atoms with Crippen molar-refractivity contribution < 1.29 is 14.1 Å². The summed E-state index contributed by atoms with van der Waals surface area (Å²) in [6.45, 7) is 0.180. The fraction of sp³-hybridized carbons (Fsp3) is 0.150. The Morgan fingerprint density at radius 3 is 2.81 bits per heavy atom. The average molecular weight is 379 g/mol. The molecule has 0 bridgehead atoms. The summed E-state index contributed by atoms with van der Waals surface area (Å²) < 4.78 is 10.9. The number of amides is 1. The zero-order valence-corrected chi connectivity index (χ0v) is 15.5. The quantitative estimate of drug-likeness (QED) is 0.507. The van der Waals surface area contributed by atoms with E-state index >= 15 is 0 Å². The monoisotopic (exact) mass is 379 g/mol. The molecule has 4 rings (SSSR count). The maximum atomic E-state index is 12.3. The van der Waals surface area contributed by atoms with Gasteiger partial charge >= 0.3 is 0 Å². The number of hydrogen-bond acceptors (Lipinski definition) is 6. The van der Waals surface area contributed by atoms with Gasteiger partial charge in [-0.3, -0.25) is 4.79 Å². The lowest BCUT2D eigenvalue weighted by Crippen LogP contribution is -2.31. The van der Waals surface area contributed by atoms with E-state index in [2.05, 4.69) is 10.1 Å². The first-order valence-electron chi connectivity index (χ1n) is 8.41. The Bertz CT molecular complexity index is 1060. The molecule has 0 N–H and O–H groups in total. The molecule has 0 spiro atoms. The molecule has 0 radical (unpaired) electrons. The summed E-state index contributed by atoms with van der Waals surface area (Å²) >= 11 is 1.54. The molecule has 0 saturated carbocycles. The Hall–Kier alpha value is -3.19. The van der Waals surface area contributed by atoms with E-state index in [1.54, 1.807) is 7.05 Å². The molecule has 0 aliphatic rings. The number of nitrogens with zero attached hydrogens (tertiary/aromatic N) is 3. The maximum Gasteiger partial charge on any atom is 0.260 e. The van der Waals surface area contributed by atoms with Gasteiger partial charge in [0.2, 0.25) is 11.7 Å². The molecule has 7 heteroatoms. The number of carbonyl (C=O) groups excluding carboxylic acids is 1. The minimum absolute atomic E-state index is 0.0548. The van der Waals surface area contributed by atoms with Crippen molar-refractivity contribution in [3.05, 3.63) is 65.9 Å². The van der Waals surface area contributed by atoms with E-state index < -0.39 is 0 Å². The number of aromatic nitrogens is 2. The van der Waals surface area contributed by atoms with Crippen molar-refractivity contribution in [1.82, 2.24) is 15.0 Å². The van der Waals surface area contributed by atoms with Crippen molar-refractivity contribution in [2.45, 2.75) is 6.54 Å². The van der Waals surface area contributed by atoms with Crippen LogP contribution in [0.25, 0.3) is 21.5 Å². The molecule has 2 aromatic heterocycles. The number of benzene rings is 2. The van der Waals surface area contributed by atoms with Gasteiger partial charge in [-0.15, -0.1) is 11.3 Å². The van der Waals surface area contributed by atoms with Gasteiger partial charge in [-0.1, -0.05) is 41.6 Å². The highest BCUT2D eigenvalue weighted by molar-refractivity contribution is 7.13. The number of thiophene rings is 1. The van der Waals surface area contributed by atoms with Gasteiger partial charge in [0.1, 0.15) is 5.75 Å². The lowest BCUT2D eigenvalue weighted by molar-refractivity contribution is -0.132. The predicted molar refractivity (Wildman–Crippen MR) is 104 cm³/mol. The number of likely N-dealkylation sites (N-methyl/N-ethyl adjacent to an activating group) is 1. The molecule has 6 nitrogen and oxygen atoms in total. The Labute approximate surface area is 160 Å². The molecule has 0 saturated heterocycles. The third-order valence-electron chi connectivity index (χ3n) is 4.09. The van der Waals surface area contributed by atoms with Crippen LogP contribution in [0, 0.1) is 0 Å². The fourth-order valence-corrected chi connectivity index (χ4v) is 3.28. The summed E-state index contributed by atoms with van der Waals surface area (Å²) in [5, 5.41) is 8.10. The molecule has 0 aliphatic carbocycles. The van der Waals surface area contributed by atoms with Crippen LogP contribution in [0.5, 0.6) is 5.75 Å². The zero-order chi connectivity index (χ0) is 18.6. The van der Waals surface area contributed by atoms with Gasteiger partial charge in [-0.2, -0.15) is 4.98 Å². The second-order valence-electron chi connectivity index (χ2n) is 6.04. The number of ether oxygens (including phenoxy) is 1. The lowest BCUT2D eigenvalue weighted by atomic mass is 10.1. The van der Waals surface area contributed by atoms with E-state index in [9.17, 15) is 4.79 Å². The van der Waals surface area contributed by atoms with Crippen LogP contribution in [0.4, 0.5) is 0 Å². The Morgan fingerprint density at radius 1 is 1.15 bits per heavy atom. The first-order chi connectivity index (χ1) is 13.2. The van der Waals surface area contributed by atoms with Crippen LogP contribution in [0.3, 0.4) is 0 Å². The van der Waals surface area contributed by atoms with Crippen molar-refractivity contribution in [2.24, 2.45) is 0 Å². The van der Waals surface area contributed by atoms with E-state index in [4.69, 9.17) is 9.26 Å². The first kappa shape index (κ1) is 17.2. The van der Waals surface area contributed by atoms with Crippen LogP contribution in [0.15, 0.2) is 64.5 Å². The van der Waals surface area contributed by atoms with Crippen molar-refractivity contribution in [3.63, 3.8) is 0 Å². The maximum absolute atomic E-state index is 12.3. The summed E-state index contributed by atoms with van der Waals surface area (Å²) in [6.07, 6.45) is 0. The molecule has 4 aromatic rings. The fourth-order valence-electron chi connectivity index (χ4n) is 2.63. The second kappa shape index (κ2) is 7.59. The van der Waals surface area contributed by atoms with E-state index in [1.807, 2.05) is 60.0 Å². The molecular weight excluding hydrogens is 362 g/mol. The van der Waals surface area contributed by atoms with E-state index in [0.29, 0.717) is 17.5 Å². The highest BCUT2D eigenvalue weighted by Gasteiger charge is 2.15. The van der Waals surface area contributed by atoms with Crippen LogP contribution in [0.1, 0.15) is 5.89 Å². The zero-order valence-electron chi connectivity index (χ0n) is 14.7. The number of carbonyl (C=O) groups is 1. The predicted octanol–water partition coefficient (Wildman–Crippen LogP) is 3.99. The highest BCUT2D eigenvalue weighted by atomic mass is 32.1. The second-order valence-corrected chi connectivity index (χ2v) is 6.98. The number of rotatable bonds is 6. The minimum Gasteiger partial charge on any atom is -0.484 e. The molecule has 0 unspecified atom stereocenters. The van der Waals surface area contributed by atoms with E-state index in [1.165, 1.54) is 16.2 Å². The molecule has 136 valence electrons. The molecule has 27 heavy (non-hydrogen) atoms. The lowest BCUT2D eigenvalue weighted by Gasteiger charge is -2.15. The van der Waals surface area contributed by atoms with Gasteiger partial charge in [0, 0.05) is 7.05 Å². The van der Waals surface area contributed by atoms with Crippen LogP contribution in [0.2, 0.25) is 0 Å². The smallest absolute Gasteiger partial charge is 0.260 e. The number of fused-ring (bicyclic) bond motifs is 1.